The number of nitrogens with one attached hydrogen (secondary N) is 1. The van der Waals surface area contributed by atoms with Crippen LogP contribution in [0.1, 0.15) is 32.2 Å². The molecule has 2 heterocycles. The van der Waals surface area contributed by atoms with Crippen LogP contribution in [0.2, 0.25) is 0 Å². The quantitative estimate of drug-likeness (QED) is 0.893. The highest BCUT2D eigenvalue weighted by molar-refractivity contribution is 7.09. The summed E-state index contributed by atoms with van der Waals surface area (Å²) >= 11 is 1.76. The number of nitrogens with zero attached hydrogens (tertiary/aromatic N) is 2. The fourth-order valence-corrected chi connectivity index (χ4v) is 2.98. The molecule has 0 bridgehead atoms. The average Bonchev–Trinajstić information content (AvgIpc) is 2.84. The molecule has 0 aromatic carbocycles. The molecule has 2 rings (SSSR count). The maximum atomic E-state index is 4.39. The van der Waals surface area contributed by atoms with E-state index in [9.17, 15) is 0 Å². The first kappa shape index (κ1) is 13.0. The topological polar surface area (TPSA) is 28.2 Å². The van der Waals surface area contributed by atoms with Gasteiger partial charge in [0.15, 0.2) is 0 Å². The molecule has 1 fully saturated rings. The van der Waals surface area contributed by atoms with Crippen LogP contribution in [0.5, 0.6) is 0 Å². The summed E-state index contributed by atoms with van der Waals surface area (Å²) in [7, 11) is 0. The van der Waals surface area contributed by atoms with Crippen molar-refractivity contribution in [3.8, 4) is 0 Å². The average molecular weight is 253 g/mol. The maximum Gasteiger partial charge on any atom is 0.107 e. The van der Waals surface area contributed by atoms with Crippen molar-refractivity contribution in [2.75, 3.05) is 13.1 Å². The van der Waals surface area contributed by atoms with Crippen molar-refractivity contribution in [1.82, 2.24) is 15.2 Å². The molecule has 3 nitrogen and oxygen atoms in total. The first-order valence-corrected chi connectivity index (χ1v) is 7.44. The zero-order valence-electron chi connectivity index (χ0n) is 11.0. The lowest BCUT2D eigenvalue weighted by Gasteiger charge is -2.40. The van der Waals surface area contributed by atoms with Gasteiger partial charge in [0.2, 0.25) is 0 Å². The fourth-order valence-electron chi connectivity index (χ4n) is 2.34. The predicted molar refractivity (Wildman–Crippen MR) is 73.2 cm³/mol. The molecule has 0 radical (unpaired) electrons. The van der Waals surface area contributed by atoms with Crippen LogP contribution < -0.4 is 5.32 Å². The summed E-state index contributed by atoms with van der Waals surface area (Å²) < 4.78 is 0. The summed E-state index contributed by atoms with van der Waals surface area (Å²) in [4.78, 5) is 6.95. The van der Waals surface area contributed by atoms with Crippen molar-refractivity contribution in [2.24, 2.45) is 5.92 Å². The molecular formula is C13H23N3S. The third-order valence-corrected chi connectivity index (χ3v) is 4.65. The van der Waals surface area contributed by atoms with Crippen molar-refractivity contribution in [3.63, 3.8) is 0 Å². The smallest absolute Gasteiger partial charge is 0.107 e. The number of hydrogen-bond acceptors (Lipinski definition) is 4. The predicted octanol–water partition coefficient (Wildman–Crippen LogP) is 2.35. The molecule has 17 heavy (non-hydrogen) atoms. The second-order valence-electron chi connectivity index (χ2n) is 5.10. The highest BCUT2D eigenvalue weighted by atomic mass is 32.1. The van der Waals surface area contributed by atoms with Gasteiger partial charge in [-0.3, -0.25) is 4.90 Å². The van der Waals surface area contributed by atoms with Gasteiger partial charge in [-0.05, 0) is 12.8 Å². The molecule has 1 N–H and O–H groups in total. The van der Waals surface area contributed by atoms with Gasteiger partial charge >= 0.3 is 0 Å². The van der Waals surface area contributed by atoms with Gasteiger partial charge in [0.1, 0.15) is 5.01 Å². The molecule has 0 aliphatic carbocycles. The Kier molecular flexibility index (Phi) is 4.54. The van der Waals surface area contributed by atoms with E-state index in [4.69, 9.17) is 0 Å². The second-order valence-corrected chi connectivity index (χ2v) is 6.08. The summed E-state index contributed by atoms with van der Waals surface area (Å²) in [6.45, 7) is 10.2. The van der Waals surface area contributed by atoms with Gasteiger partial charge in [0.25, 0.3) is 0 Å². The van der Waals surface area contributed by atoms with E-state index >= 15 is 0 Å². The van der Waals surface area contributed by atoms with Gasteiger partial charge in [-0.25, -0.2) is 4.98 Å². The van der Waals surface area contributed by atoms with Crippen LogP contribution in [-0.4, -0.2) is 35.1 Å². The standard InChI is InChI=1S/C13H23N3S/c1-4-10(2)12-8-16(11(3)7-15-12)9-13-14-5-6-17-13/h5-6,10-12,15H,4,7-9H2,1-3H3. The molecule has 3 unspecified atom stereocenters. The first-order valence-electron chi connectivity index (χ1n) is 6.56. The third kappa shape index (κ3) is 3.27. The van der Waals surface area contributed by atoms with Crippen LogP contribution in [0.3, 0.4) is 0 Å². The Morgan fingerprint density at radius 1 is 1.65 bits per heavy atom. The van der Waals surface area contributed by atoms with Crippen molar-refractivity contribution in [1.29, 1.82) is 0 Å². The summed E-state index contributed by atoms with van der Waals surface area (Å²) in [5.41, 5.74) is 0. The van der Waals surface area contributed by atoms with Crippen LogP contribution in [0.25, 0.3) is 0 Å². The lowest BCUT2D eigenvalue weighted by molar-refractivity contribution is 0.112. The Bertz CT molecular complexity index is 325. The van der Waals surface area contributed by atoms with Crippen LogP contribution in [0, 0.1) is 5.92 Å². The Balaban J connectivity index is 1.95. The van der Waals surface area contributed by atoms with Crippen LogP contribution in [0.4, 0.5) is 0 Å². The SMILES string of the molecule is CCC(C)C1CN(Cc2nccs2)C(C)CN1. The molecule has 96 valence electrons. The molecule has 1 aromatic rings. The van der Waals surface area contributed by atoms with Gasteiger partial charge in [-0.15, -0.1) is 11.3 Å². The van der Waals surface area contributed by atoms with E-state index in [1.165, 1.54) is 11.4 Å². The molecule has 0 saturated carbocycles. The first-order chi connectivity index (χ1) is 8.20. The van der Waals surface area contributed by atoms with E-state index in [0.717, 1.165) is 25.6 Å². The van der Waals surface area contributed by atoms with Crippen molar-refractivity contribution < 1.29 is 0 Å². The number of hydrogen-bond donors (Lipinski definition) is 1. The van der Waals surface area contributed by atoms with Gasteiger partial charge in [0, 0.05) is 36.8 Å². The molecule has 3 atom stereocenters. The molecule has 1 aliphatic rings. The number of piperazine rings is 1. The number of aromatic nitrogens is 1. The van der Waals surface area contributed by atoms with Gasteiger partial charge in [-0.2, -0.15) is 0 Å². The van der Waals surface area contributed by atoms with Crippen LogP contribution in [-0.2, 0) is 6.54 Å². The second kappa shape index (κ2) is 5.94. The van der Waals surface area contributed by atoms with E-state index in [1.54, 1.807) is 11.3 Å². The van der Waals surface area contributed by atoms with Crippen molar-refractivity contribution in [2.45, 2.75) is 45.8 Å². The summed E-state index contributed by atoms with van der Waals surface area (Å²) in [6.07, 6.45) is 3.15. The minimum atomic E-state index is 0.610. The Morgan fingerprint density at radius 2 is 2.47 bits per heavy atom. The summed E-state index contributed by atoms with van der Waals surface area (Å²) in [5, 5.41) is 6.97. The minimum absolute atomic E-state index is 0.610. The van der Waals surface area contributed by atoms with E-state index in [-0.39, 0.29) is 0 Å². The lowest BCUT2D eigenvalue weighted by atomic mass is 9.96. The largest absolute Gasteiger partial charge is 0.311 e. The molecule has 0 amide bonds. The molecule has 4 heteroatoms. The maximum absolute atomic E-state index is 4.39. The summed E-state index contributed by atoms with van der Waals surface area (Å²) in [5.74, 6) is 0.751. The van der Waals surface area contributed by atoms with Gasteiger partial charge in [0.05, 0.1) is 6.54 Å². The van der Waals surface area contributed by atoms with Gasteiger partial charge < -0.3 is 5.32 Å². The van der Waals surface area contributed by atoms with Crippen LogP contribution >= 0.6 is 11.3 Å². The molecular weight excluding hydrogens is 230 g/mol. The molecule has 1 aliphatic heterocycles. The zero-order chi connectivity index (χ0) is 12.3. The molecule has 1 saturated heterocycles. The highest BCUT2D eigenvalue weighted by Gasteiger charge is 2.27. The van der Waals surface area contributed by atoms with Crippen molar-refractivity contribution in [3.05, 3.63) is 16.6 Å². The fraction of sp³-hybridized carbons (Fsp3) is 0.769. The Morgan fingerprint density at radius 3 is 3.12 bits per heavy atom. The Labute approximate surface area is 108 Å². The zero-order valence-corrected chi connectivity index (χ0v) is 11.8. The van der Waals surface area contributed by atoms with Crippen molar-refractivity contribution >= 4 is 11.3 Å². The van der Waals surface area contributed by atoms with E-state index in [2.05, 4.69) is 41.4 Å². The molecule has 0 spiro atoms. The lowest BCUT2D eigenvalue weighted by Crippen LogP contribution is -2.56. The van der Waals surface area contributed by atoms with Crippen LogP contribution in [0.15, 0.2) is 11.6 Å². The highest BCUT2D eigenvalue weighted by Crippen LogP contribution is 2.18. The Hall–Kier alpha value is -0.450. The van der Waals surface area contributed by atoms with Gasteiger partial charge in [-0.1, -0.05) is 20.3 Å². The number of rotatable bonds is 4. The monoisotopic (exact) mass is 253 g/mol. The van der Waals surface area contributed by atoms with E-state index in [0.29, 0.717) is 12.1 Å². The van der Waals surface area contributed by atoms with E-state index < -0.39 is 0 Å². The molecule has 1 aromatic heterocycles. The summed E-state index contributed by atoms with van der Waals surface area (Å²) in [6, 6.07) is 1.25. The normalized spacial score (nSPS) is 28.2. The minimum Gasteiger partial charge on any atom is -0.311 e. The number of thiazole rings is 1. The third-order valence-electron chi connectivity index (χ3n) is 3.88. The van der Waals surface area contributed by atoms with E-state index in [1.807, 2.05) is 6.20 Å².